The second-order valence-corrected chi connectivity index (χ2v) is 15.7. The van der Waals surface area contributed by atoms with Crippen LogP contribution in [0.1, 0.15) is 0 Å². The third kappa shape index (κ3) is 5.55. The number of hydrogen-bond acceptors (Lipinski definition) is 5. The standard InChI is InChI=1S/C52H32N6S/c1-4-14-33(15-5-1)49-54-50(34-16-6-2-7-17-34)56-51(55-49)36-26-29-43-48(30-36)59-52(53-43)35-24-27-38(28-25-35)58-45-23-13-11-21-40(45)42-31-41-39-20-10-12-22-44(39)57(46(41)32-47(42)58)37-18-8-3-9-19-37/h1-32H. The van der Waals surface area contributed by atoms with E-state index in [4.69, 9.17) is 19.9 Å². The van der Waals surface area contributed by atoms with Gasteiger partial charge in [0.1, 0.15) is 5.01 Å². The highest BCUT2D eigenvalue weighted by Gasteiger charge is 2.19. The molecular weight excluding hydrogens is 741 g/mol. The largest absolute Gasteiger partial charge is 0.309 e. The fourth-order valence-corrected chi connectivity index (χ4v) is 9.45. The molecule has 0 fully saturated rings. The Morgan fingerprint density at radius 1 is 0.322 bits per heavy atom. The molecule has 7 heteroatoms. The van der Waals surface area contributed by atoms with Crippen molar-refractivity contribution in [3.63, 3.8) is 0 Å². The van der Waals surface area contributed by atoms with Crippen molar-refractivity contribution < 1.29 is 0 Å². The van der Waals surface area contributed by atoms with Crippen LogP contribution >= 0.6 is 11.3 Å². The number of nitrogens with zero attached hydrogens (tertiary/aromatic N) is 6. The van der Waals surface area contributed by atoms with Crippen molar-refractivity contribution in [3.8, 4) is 56.1 Å². The van der Waals surface area contributed by atoms with Gasteiger partial charge >= 0.3 is 0 Å². The molecule has 0 unspecified atom stereocenters. The lowest BCUT2D eigenvalue weighted by Gasteiger charge is -2.10. The highest BCUT2D eigenvalue weighted by Crippen LogP contribution is 2.40. The first-order valence-electron chi connectivity index (χ1n) is 19.6. The number of thiazole rings is 1. The molecule has 0 amide bonds. The molecule has 0 aliphatic heterocycles. The van der Waals surface area contributed by atoms with E-state index in [0.29, 0.717) is 17.5 Å². The first-order chi connectivity index (χ1) is 29.2. The Kier molecular flexibility index (Phi) is 7.61. The van der Waals surface area contributed by atoms with Crippen molar-refractivity contribution in [3.05, 3.63) is 194 Å². The van der Waals surface area contributed by atoms with Gasteiger partial charge in [0, 0.05) is 55.2 Å². The van der Waals surface area contributed by atoms with E-state index in [1.165, 1.54) is 43.6 Å². The SMILES string of the molecule is c1ccc(-c2nc(-c3ccccc3)nc(-c3ccc4nc(-c5ccc(-n6c7ccccc7c7cc8c9ccccc9n(-c9ccccc9)c8cc76)cc5)sc4c3)n2)cc1. The average molecular weight is 773 g/mol. The maximum absolute atomic E-state index is 5.09. The van der Waals surface area contributed by atoms with Crippen LogP contribution in [0.5, 0.6) is 0 Å². The van der Waals surface area contributed by atoms with Gasteiger partial charge in [0.2, 0.25) is 0 Å². The van der Waals surface area contributed by atoms with Crippen LogP contribution in [0.4, 0.5) is 0 Å². The summed E-state index contributed by atoms with van der Waals surface area (Å²) < 4.78 is 5.86. The topological polar surface area (TPSA) is 61.4 Å². The minimum Gasteiger partial charge on any atom is -0.309 e. The van der Waals surface area contributed by atoms with Crippen molar-refractivity contribution in [1.29, 1.82) is 0 Å². The van der Waals surface area contributed by atoms with E-state index in [0.717, 1.165) is 48.9 Å². The summed E-state index contributed by atoms with van der Waals surface area (Å²) in [6.45, 7) is 0. The van der Waals surface area contributed by atoms with Crippen molar-refractivity contribution in [2.24, 2.45) is 0 Å². The van der Waals surface area contributed by atoms with Crippen molar-refractivity contribution in [2.75, 3.05) is 0 Å². The molecule has 0 aliphatic rings. The number of hydrogen-bond donors (Lipinski definition) is 0. The molecule has 6 nitrogen and oxygen atoms in total. The average Bonchev–Trinajstić information content (AvgIpc) is 3.99. The Labute approximate surface area is 343 Å². The van der Waals surface area contributed by atoms with Gasteiger partial charge in [-0.15, -0.1) is 11.3 Å². The second kappa shape index (κ2) is 13.4. The van der Waals surface area contributed by atoms with Gasteiger partial charge in [0.05, 0.1) is 32.3 Å². The smallest absolute Gasteiger partial charge is 0.164 e. The maximum atomic E-state index is 5.09. The number of rotatable bonds is 6. The van der Waals surface area contributed by atoms with Gasteiger partial charge in [-0.2, -0.15) is 0 Å². The highest BCUT2D eigenvalue weighted by molar-refractivity contribution is 7.21. The normalized spacial score (nSPS) is 11.7. The fourth-order valence-electron chi connectivity index (χ4n) is 8.44. The molecule has 0 aliphatic carbocycles. The highest BCUT2D eigenvalue weighted by atomic mass is 32.1. The summed E-state index contributed by atoms with van der Waals surface area (Å²) in [6.07, 6.45) is 0. The summed E-state index contributed by atoms with van der Waals surface area (Å²) >= 11 is 1.68. The number of aromatic nitrogens is 6. The minimum absolute atomic E-state index is 0.631. The fraction of sp³-hybridized carbons (Fsp3) is 0. The summed E-state index contributed by atoms with van der Waals surface area (Å²) in [4.78, 5) is 19.9. The third-order valence-electron chi connectivity index (χ3n) is 11.2. The number of fused-ring (bicyclic) bond motifs is 7. The number of para-hydroxylation sites is 3. The first-order valence-corrected chi connectivity index (χ1v) is 20.5. The van der Waals surface area contributed by atoms with Gasteiger partial charge in [-0.05, 0) is 78.9 Å². The van der Waals surface area contributed by atoms with Crippen molar-refractivity contribution >= 4 is 65.2 Å². The predicted molar refractivity (Wildman–Crippen MR) is 243 cm³/mol. The summed E-state index contributed by atoms with van der Waals surface area (Å²) in [7, 11) is 0. The summed E-state index contributed by atoms with van der Waals surface area (Å²) in [5.74, 6) is 1.92. The molecule has 0 N–H and O–H groups in total. The molecule has 4 aromatic heterocycles. The van der Waals surface area contributed by atoms with Crippen LogP contribution in [0.15, 0.2) is 194 Å². The van der Waals surface area contributed by atoms with Crippen LogP contribution in [0.25, 0.3) is 110 Å². The van der Waals surface area contributed by atoms with Crippen LogP contribution in [-0.4, -0.2) is 29.1 Å². The quantitative estimate of drug-likeness (QED) is 0.169. The van der Waals surface area contributed by atoms with Gasteiger partial charge in [-0.25, -0.2) is 19.9 Å². The zero-order chi connectivity index (χ0) is 38.9. The van der Waals surface area contributed by atoms with Crippen LogP contribution in [0.2, 0.25) is 0 Å². The van der Waals surface area contributed by atoms with Gasteiger partial charge in [-0.1, -0.05) is 115 Å². The van der Waals surface area contributed by atoms with Crippen LogP contribution in [0, 0.1) is 0 Å². The van der Waals surface area contributed by atoms with E-state index in [-0.39, 0.29) is 0 Å². The molecule has 276 valence electrons. The molecule has 0 saturated carbocycles. The summed E-state index contributed by atoms with van der Waals surface area (Å²) in [5, 5.41) is 5.93. The summed E-state index contributed by atoms with van der Waals surface area (Å²) in [6, 6.07) is 68.1. The molecule has 8 aromatic carbocycles. The van der Waals surface area contributed by atoms with E-state index in [1.807, 2.05) is 60.7 Å². The molecule has 0 spiro atoms. The van der Waals surface area contributed by atoms with E-state index < -0.39 is 0 Å². The maximum Gasteiger partial charge on any atom is 0.164 e. The zero-order valence-electron chi connectivity index (χ0n) is 31.6. The lowest BCUT2D eigenvalue weighted by atomic mass is 10.1. The predicted octanol–water partition coefficient (Wildman–Crippen LogP) is 13.3. The zero-order valence-corrected chi connectivity index (χ0v) is 32.4. The molecule has 0 bridgehead atoms. The van der Waals surface area contributed by atoms with Crippen molar-refractivity contribution in [2.45, 2.75) is 0 Å². The Morgan fingerprint density at radius 2 is 0.797 bits per heavy atom. The monoisotopic (exact) mass is 772 g/mol. The lowest BCUT2D eigenvalue weighted by Crippen LogP contribution is -1.99. The first kappa shape index (κ1) is 33.4. The molecule has 59 heavy (non-hydrogen) atoms. The second-order valence-electron chi connectivity index (χ2n) is 14.7. The van der Waals surface area contributed by atoms with Crippen LogP contribution in [0.3, 0.4) is 0 Å². The Hall–Kier alpha value is -7.74. The van der Waals surface area contributed by atoms with E-state index in [2.05, 4.69) is 143 Å². The summed E-state index contributed by atoms with van der Waals surface area (Å²) in [5.41, 5.74) is 11.8. The minimum atomic E-state index is 0.631. The Bertz CT molecular complexity index is 3480. The van der Waals surface area contributed by atoms with Crippen molar-refractivity contribution in [1.82, 2.24) is 29.1 Å². The van der Waals surface area contributed by atoms with Gasteiger partial charge < -0.3 is 9.13 Å². The van der Waals surface area contributed by atoms with E-state index in [9.17, 15) is 0 Å². The molecule has 0 saturated heterocycles. The molecular formula is C52H32N6S. The molecule has 0 radical (unpaired) electrons. The lowest BCUT2D eigenvalue weighted by molar-refractivity contribution is 1.07. The van der Waals surface area contributed by atoms with Gasteiger partial charge in [-0.3, -0.25) is 0 Å². The Morgan fingerprint density at radius 3 is 1.37 bits per heavy atom. The number of benzene rings is 8. The molecule has 4 heterocycles. The van der Waals surface area contributed by atoms with Crippen LogP contribution in [-0.2, 0) is 0 Å². The van der Waals surface area contributed by atoms with Crippen LogP contribution < -0.4 is 0 Å². The van der Waals surface area contributed by atoms with Gasteiger partial charge in [0.15, 0.2) is 17.5 Å². The van der Waals surface area contributed by atoms with Gasteiger partial charge in [0.25, 0.3) is 0 Å². The molecule has 0 atom stereocenters. The Balaban J connectivity index is 0.949. The van der Waals surface area contributed by atoms with E-state index >= 15 is 0 Å². The van der Waals surface area contributed by atoms with E-state index in [1.54, 1.807) is 11.3 Å². The molecule has 12 aromatic rings. The third-order valence-corrected chi connectivity index (χ3v) is 12.3. The molecule has 12 rings (SSSR count).